The van der Waals surface area contributed by atoms with Crippen molar-refractivity contribution in [2.24, 2.45) is 23.2 Å². The van der Waals surface area contributed by atoms with Gasteiger partial charge in [0.25, 0.3) is 5.91 Å². The summed E-state index contributed by atoms with van der Waals surface area (Å²) >= 11 is 1.67. The van der Waals surface area contributed by atoms with Gasteiger partial charge in [-0.2, -0.15) is 0 Å². The number of carbonyl (C=O) groups excluding carboxylic acids is 2. The fraction of sp³-hybridized carbons (Fsp3) is 0.500. The Morgan fingerprint density at radius 3 is 2.33 bits per heavy atom. The summed E-state index contributed by atoms with van der Waals surface area (Å²) in [5, 5.41) is 3.21. The molecule has 4 saturated carbocycles. The first-order valence-corrected chi connectivity index (χ1v) is 14.4. The van der Waals surface area contributed by atoms with E-state index in [9.17, 15) is 9.59 Å². The van der Waals surface area contributed by atoms with Gasteiger partial charge in [0, 0.05) is 11.0 Å². The van der Waals surface area contributed by atoms with Crippen LogP contribution in [-0.4, -0.2) is 28.9 Å². The average Bonchev–Trinajstić information content (AvgIpc) is 3.38. The molecule has 1 aliphatic heterocycles. The highest BCUT2D eigenvalue weighted by molar-refractivity contribution is 7.21. The van der Waals surface area contributed by atoms with Crippen LogP contribution in [0.1, 0.15) is 57.4 Å². The molecule has 2 atom stereocenters. The van der Waals surface area contributed by atoms with Crippen LogP contribution in [0.4, 0.5) is 5.69 Å². The Labute approximate surface area is 216 Å². The maximum Gasteiger partial charge on any atom is 0.292 e. The molecule has 36 heavy (non-hydrogen) atoms. The van der Waals surface area contributed by atoms with Crippen LogP contribution in [0, 0.1) is 30.1 Å². The van der Waals surface area contributed by atoms with Crippen molar-refractivity contribution in [2.75, 3.05) is 4.90 Å². The molecule has 4 aliphatic carbocycles. The number of thiazole rings is 1. The van der Waals surface area contributed by atoms with Gasteiger partial charge in [0.1, 0.15) is 5.01 Å². The standard InChI is InChI=1S/C30H33N3O2S/c1-17-3-8-24-26(9-17)36-28(32-24)22-4-6-23(7-5-22)33-27(34)13-25(29(33)35)31-18(2)30-14-19-10-20(15-30)12-21(11-19)16-30/h3-9,18-21,25,31H,10-16H2,1-2H3/p+1/t18-,19?,20?,21?,25-,30?/m1/s1. The molecule has 4 bridgehead atoms. The van der Waals surface area contributed by atoms with Crippen LogP contribution in [0.2, 0.25) is 0 Å². The van der Waals surface area contributed by atoms with Gasteiger partial charge in [0.05, 0.1) is 28.4 Å². The number of anilines is 1. The molecule has 8 rings (SSSR count). The number of imide groups is 1. The van der Waals surface area contributed by atoms with Crippen molar-refractivity contribution in [3.63, 3.8) is 0 Å². The molecule has 0 unspecified atom stereocenters. The molecular formula is C30H34N3O2S+. The summed E-state index contributed by atoms with van der Waals surface area (Å²) in [6.45, 7) is 4.41. The number of aryl methyl sites for hydroxylation is 1. The number of rotatable bonds is 5. The third-order valence-electron chi connectivity index (χ3n) is 9.67. The van der Waals surface area contributed by atoms with E-state index in [1.807, 2.05) is 24.3 Å². The average molecular weight is 501 g/mol. The quantitative estimate of drug-likeness (QED) is 0.497. The minimum atomic E-state index is -0.298. The maximum absolute atomic E-state index is 13.4. The number of amides is 2. The molecule has 2 amide bonds. The second-order valence-electron chi connectivity index (χ2n) is 12.2. The number of fused-ring (bicyclic) bond motifs is 1. The Balaban J connectivity index is 1.07. The van der Waals surface area contributed by atoms with E-state index in [0.29, 0.717) is 23.6 Å². The number of nitrogens with zero attached hydrogens (tertiary/aromatic N) is 2. The van der Waals surface area contributed by atoms with E-state index in [2.05, 4.69) is 37.4 Å². The van der Waals surface area contributed by atoms with Crippen LogP contribution >= 0.6 is 11.3 Å². The predicted molar refractivity (Wildman–Crippen MR) is 143 cm³/mol. The van der Waals surface area contributed by atoms with E-state index in [0.717, 1.165) is 33.8 Å². The Morgan fingerprint density at radius 2 is 1.67 bits per heavy atom. The zero-order valence-electron chi connectivity index (χ0n) is 21.1. The molecule has 2 aromatic carbocycles. The number of hydrogen-bond donors (Lipinski definition) is 1. The SMILES string of the molecule is Cc1ccc2nc(-c3ccc(N4C(=O)C[C@@H]([NH2+][C@H](C)C56CC7CC(CC(C7)C5)C6)C4=O)cc3)sc2c1. The molecule has 186 valence electrons. The second-order valence-corrected chi connectivity index (χ2v) is 13.2. The van der Waals surface area contributed by atoms with Gasteiger partial charge in [-0.1, -0.05) is 6.07 Å². The predicted octanol–water partition coefficient (Wildman–Crippen LogP) is 5.07. The van der Waals surface area contributed by atoms with Crippen LogP contribution < -0.4 is 10.2 Å². The summed E-state index contributed by atoms with van der Waals surface area (Å²) in [5.41, 5.74) is 4.27. The van der Waals surface area contributed by atoms with Crippen molar-refractivity contribution in [2.45, 2.75) is 70.9 Å². The van der Waals surface area contributed by atoms with Gasteiger partial charge in [-0.25, -0.2) is 9.88 Å². The lowest BCUT2D eigenvalue weighted by Crippen LogP contribution is -2.98. The number of hydrogen-bond acceptors (Lipinski definition) is 4. The molecule has 1 saturated heterocycles. The van der Waals surface area contributed by atoms with Crippen molar-refractivity contribution >= 4 is 39.1 Å². The minimum absolute atomic E-state index is 0.0557. The summed E-state index contributed by atoms with van der Waals surface area (Å²) in [6, 6.07) is 14.1. The molecule has 1 aromatic heterocycles. The zero-order chi connectivity index (χ0) is 24.6. The van der Waals surface area contributed by atoms with Crippen LogP contribution in [0.25, 0.3) is 20.8 Å². The highest BCUT2D eigenvalue weighted by Crippen LogP contribution is 2.60. The van der Waals surface area contributed by atoms with E-state index >= 15 is 0 Å². The lowest BCUT2D eigenvalue weighted by Gasteiger charge is -2.58. The van der Waals surface area contributed by atoms with Gasteiger partial charge in [-0.3, -0.25) is 9.59 Å². The van der Waals surface area contributed by atoms with Crippen LogP contribution in [0.15, 0.2) is 42.5 Å². The monoisotopic (exact) mass is 500 g/mol. The molecule has 5 aliphatic rings. The van der Waals surface area contributed by atoms with Crippen molar-refractivity contribution in [1.29, 1.82) is 0 Å². The third kappa shape index (κ3) is 3.64. The Kier molecular flexibility index (Phi) is 5.16. The van der Waals surface area contributed by atoms with Crippen molar-refractivity contribution in [1.82, 2.24) is 4.98 Å². The molecule has 6 heteroatoms. The van der Waals surface area contributed by atoms with Gasteiger partial charge < -0.3 is 5.32 Å². The first-order chi connectivity index (χ1) is 17.4. The Morgan fingerprint density at radius 1 is 1.00 bits per heavy atom. The largest absolute Gasteiger partial charge is 0.333 e. The van der Waals surface area contributed by atoms with Crippen molar-refractivity contribution in [3.05, 3.63) is 48.0 Å². The van der Waals surface area contributed by atoms with E-state index in [1.54, 1.807) is 11.3 Å². The Hall–Kier alpha value is -2.57. The molecule has 3 aromatic rings. The Bertz CT molecular complexity index is 1320. The third-order valence-corrected chi connectivity index (χ3v) is 10.7. The van der Waals surface area contributed by atoms with Crippen LogP contribution in [-0.2, 0) is 9.59 Å². The molecule has 5 nitrogen and oxygen atoms in total. The molecule has 5 fully saturated rings. The summed E-state index contributed by atoms with van der Waals surface area (Å²) in [6.07, 6.45) is 8.54. The summed E-state index contributed by atoms with van der Waals surface area (Å²) in [4.78, 5) is 32.6. The zero-order valence-corrected chi connectivity index (χ0v) is 21.9. The van der Waals surface area contributed by atoms with Gasteiger partial charge >= 0.3 is 0 Å². The first-order valence-electron chi connectivity index (χ1n) is 13.6. The van der Waals surface area contributed by atoms with Crippen LogP contribution in [0.3, 0.4) is 0 Å². The minimum Gasteiger partial charge on any atom is -0.333 e. The van der Waals surface area contributed by atoms with E-state index in [-0.39, 0.29) is 17.9 Å². The first kappa shape index (κ1) is 22.6. The highest BCUT2D eigenvalue weighted by Gasteiger charge is 2.56. The topological polar surface area (TPSA) is 66.9 Å². The van der Waals surface area contributed by atoms with Crippen molar-refractivity contribution in [3.8, 4) is 10.6 Å². The van der Waals surface area contributed by atoms with Crippen LogP contribution in [0.5, 0.6) is 0 Å². The lowest BCUT2D eigenvalue weighted by atomic mass is 9.48. The normalized spacial score (nSPS) is 32.1. The van der Waals surface area contributed by atoms with E-state index < -0.39 is 0 Å². The molecule has 2 heterocycles. The van der Waals surface area contributed by atoms with Crippen molar-refractivity contribution < 1.29 is 14.9 Å². The number of aromatic nitrogens is 1. The number of benzene rings is 2. The molecular weight excluding hydrogens is 466 g/mol. The molecule has 0 spiro atoms. The molecule has 2 N–H and O–H groups in total. The fourth-order valence-corrected chi connectivity index (χ4v) is 9.34. The van der Waals surface area contributed by atoms with Gasteiger partial charge in [0.2, 0.25) is 5.91 Å². The number of quaternary nitrogens is 1. The van der Waals surface area contributed by atoms with E-state index in [1.165, 1.54) is 53.7 Å². The van der Waals surface area contributed by atoms with Gasteiger partial charge in [-0.15, -0.1) is 11.3 Å². The summed E-state index contributed by atoms with van der Waals surface area (Å²) in [5.74, 6) is 2.54. The maximum atomic E-state index is 13.4. The number of nitrogens with two attached hydrogens (primary N) is 1. The van der Waals surface area contributed by atoms with Gasteiger partial charge in [-0.05, 0) is 112 Å². The smallest absolute Gasteiger partial charge is 0.292 e. The van der Waals surface area contributed by atoms with Gasteiger partial charge in [0.15, 0.2) is 6.04 Å². The number of carbonyl (C=O) groups is 2. The lowest BCUT2D eigenvalue weighted by molar-refractivity contribution is -0.720. The van der Waals surface area contributed by atoms with E-state index in [4.69, 9.17) is 4.98 Å². The molecule has 0 radical (unpaired) electrons. The summed E-state index contributed by atoms with van der Waals surface area (Å²) in [7, 11) is 0. The second kappa shape index (κ2) is 8.22. The summed E-state index contributed by atoms with van der Waals surface area (Å²) < 4.78 is 1.17. The fourth-order valence-electron chi connectivity index (χ4n) is 8.27. The highest BCUT2D eigenvalue weighted by atomic mass is 32.1.